The van der Waals surface area contributed by atoms with Crippen molar-refractivity contribution in [3.05, 3.63) is 35.9 Å². The van der Waals surface area contributed by atoms with Crippen molar-refractivity contribution in [2.45, 2.75) is 56.9 Å². The molecule has 1 saturated carbocycles. The van der Waals surface area contributed by atoms with E-state index >= 15 is 0 Å². The minimum absolute atomic E-state index is 0.175. The van der Waals surface area contributed by atoms with E-state index in [0.29, 0.717) is 0 Å². The molecule has 0 bridgehead atoms. The number of rotatable bonds is 1. The lowest BCUT2D eigenvalue weighted by molar-refractivity contribution is 0.0793. The van der Waals surface area contributed by atoms with Gasteiger partial charge in [0.1, 0.15) is 0 Å². The number of piperidine rings is 1. The summed E-state index contributed by atoms with van der Waals surface area (Å²) >= 11 is 0. The summed E-state index contributed by atoms with van der Waals surface area (Å²) in [7, 11) is 0. The molecule has 2 fully saturated rings. The van der Waals surface area contributed by atoms with E-state index in [4.69, 9.17) is 0 Å². The number of benzene rings is 1. The number of nitrogens with zero attached hydrogens (tertiary/aromatic N) is 1. The zero-order valence-electron chi connectivity index (χ0n) is 12.4. The summed E-state index contributed by atoms with van der Waals surface area (Å²) < 4.78 is 0. The molecule has 3 rings (SSSR count). The molecule has 0 spiro atoms. The highest BCUT2D eigenvalue weighted by Gasteiger charge is 2.36. The van der Waals surface area contributed by atoms with E-state index in [1.54, 1.807) is 0 Å². The van der Waals surface area contributed by atoms with Gasteiger partial charge in [0.15, 0.2) is 0 Å². The first-order valence-electron chi connectivity index (χ1n) is 8.22. The Balaban J connectivity index is 1.84. The van der Waals surface area contributed by atoms with Gasteiger partial charge in [0, 0.05) is 5.56 Å². The molecule has 1 saturated heterocycles. The number of hydrogen-bond acceptors (Lipinski definition) is 1. The lowest BCUT2D eigenvalue weighted by Crippen LogP contribution is -2.51. The van der Waals surface area contributed by atoms with Crippen LogP contribution in [-0.2, 0) is 0 Å². The van der Waals surface area contributed by atoms with Crippen LogP contribution in [0.5, 0.6) is 0 Å². The molecule has 2 aliphatic rings. The van der Waals surface area contributed by atoms with Crippen molar-refractivity contribution in [3.63, 3.8) is 0 Å². The second-order valence-corrected chi connectivity index (χ2v) is 6.26. The smallest absolute Gasteiger partial charge is 0.0829 e. The molecule has 1 aliphatic heterocycles. The second-order valence-electron chi connectivity index (χ2n) is 6.26. The van der Waals surface area contributed by atoms with Gasteiger partial charge in [0.05, 0.1) is 5.54 Å². The van der Waals surface area contributed by atoms with Crippen molar-refractivity contribution >= 4 is 0 Å². The van der Waals surface area contributed by atoms with Gasteiger partial charge in [-0.1, -0.05) is 55.7 Å². The third kappa shape index (κ3) is 3.07. The van der Waals surface area contributed by atoms with Gasteiger partial charge in [0.25, 0.3) is 0 Å². The highest BCUT2D eigenvalue weighted by molar-refractivity contribution is 5.37. The molecule has 1 nitrogen and oxygen atoms in total. The summed E-state index contributed by atoms with van der Waals surface area (Å²) in [5.74, 6) is 7.16. The normalized spacial score (nSPS) is 22.8. The molecular formula is C19H25N. The van der Waals surface area contributed by atoms with Crippen LogP contribution < -0.4 is 0 Å². The zero-order chi connectivity index (χ0) is 13.7. The van der Waals surface area contributed by atoms with Crippen LogP contribution in [0.4, 0.5) is 0 Å². The summed E-state index contributed by atoms with van der Waals surface area (Å²) in [6, 6.07) is 10.5. The fourth-order valence-electron chi connectivity index (χ4n) is 3.69. The van der Waals surface area contributed by atoms with Crippen molar-refractivity contribution < 1.29 is 0 Å². The monoisotopic (exact) mass is 267 g/mol. The Hall–Kier alpha value is -1.26. The van der Waals surface area contributed by atoms with Crippen LogP contribution in [0.3, 0.4) is 0 Å². The molecule has 0 radical (unpaired) electrons. The van der Waals surface area contributed by atoms with E-state index in [2.05, 4.69) is 47.1 Å². The van der Waals surface area contributed by atoms with Crippen molar-refractivity contribution in [2.24, 2.45) is 0 Å². The van der Waals surface area contributed by atoms with E-state index < -0.39 is 0 Å². The zero-order valence-corrected chi connectivity index (χ0v) is 12.4. The van der Waals surface area contributed by atoms with Crippen LogP contribution in [-0.4, -0.2) is 23.5 Å². The Kier molecular flexibility index (Phi) is 4.43. The third-order valence-electron chi connectivity index (χ3n) is 4.86. The number of hydrogen-bond donors (Lipinski definition) is 0. The minimum Gasteiger partial charge on any atom is -0.287 e. The first-order valence-corrected chi connectivity index (χ1v) is 8.22. The van der Waals surface area contributed by atoms with Crippen LogP contribution in [0.25, 0.3) is 0 Å². The van der Waals surface area contributed by atoms with E-state index in [1.165, 1.54) is 64.5 Å². The maximum Gasteiger partial charge on any atom is 0.0829 e. The minimum atomic E-state index is 0.175. The van der Waals surface area contributed by atoms with Gasteiger partial charge in [-0.15, -0.1) is 0 Å². The predicted octanol–water partition coefficient (Wildman–Crippen LogP) is 4.23. The average molecular weight is 267 g/mol. The van der Waals surface area contributed by atoms with Gasteiger partial charge in [-0.05, 0) is 50.9 Å². The Morgan fingerprint density at radius 3 is 2.15 bits per heavy atom. The quantitative estimate of drug-likeness (QED) is 0.688. The van der Waals surface area contributed by atoms with Gasteiger partial charge < -0.3 is 0 Å². The van der Waals surface area contributed by atoms with Gasteiger partial charge in [-0.25, -0.2) is 0 Å². The number of likely N-dealkylation sites (tertiary alicyclic amines) is 1. The second kappa shape index (κ2) is 6.46. The van der Waals surface area contributed by atoms with E-state index in [0.717, 1.165) is 5.56 Å². The fraction of sp³-hybridized carbons (Fsp3) is 0.579. The SMILES string of the molecule is C(#CC1(N2CCCCC2)CCCCC1)c1ccccc1. The molecule has 0 aromatic heterocycles. The van der Waals surface area contributed by atoms with E-state index in [9.17, 15) is 0 Å². The first kappa shape index (κ1) is 13.7. The van der Waals surface area contributed by atoms with Gasteiger partial charge >= 0.3 is 0 Å². The summed E-state index contributed by atoms with van der Waals surface area (Å²) in [5.41, 5.74) is 1.34. The Bertz CT molecular complexity index is 467. The highest BCUT2D eigenvalue weighted by Crippen LogP contribution is 2.35. The first-order chi connectivity index (χ1) is 9.89. The standard InChI is InChI=1S/C19H25N/c1-4-10-18(11-5-1)12-15-19(13-6-2-7-14-19)20-16-8-3-9-17-20/h1,4-5,10-11H,2-3,6-9,13-14,16-17H2. The lowest BCUT2D eigenvalue weighted by Gasteiger charge is -2.44. The Morgan fingerprint density at radius 1 is 0.800 bits per heavy atom. The van der Waals surface area contributed by atoms with Crippen LogP contribution in [0.15, 0.2) is 30.3 Å². The van der Waals surface area contributed by atoms with E-state index in [1.807, 2.05) is 0 Å². The molecule has 0 amide bonds. The van der Waals surface area contributed by atoms with Crippen LogP contribution in [0, 0.1) is 11.8 Å². The van der Waals surface area contributed by atoms with Crippen LogP contribution in [0.2, 0.25) is 0 Å². The highest BCUT2D eigenvalue weighted by atomic mass is 15.2. The molecule has 0 unspecified atom stereocenters. The Labute approximate surface area is 123 Å². The molecule has 1 aliphatic carbocycles. The van der Waals surface area contributed by atoms with Crippen molar-refractivity contribution in [3.8, 4) is 11.8 Å². The average Bonchev–Trinajstić information content (AvgIpc) is 2.56. The summed E-state index contributed by atoms with van der Waals surface area (Å²) in [6.07, 6.45) is 10.7. The van der Waals surface area contributed by atoms with Gasteiger partial charge in [-0.2, -0.15) is 0 Å². The molecule has 106 valence electrons. The van der Waals surface area contributed by atoms with Crippen LogP contribution in [0.1, 0.15) is 56.9 Å². The summed E-state index contributed by atoms with van der Waals surface area (Å²) in [5, 5.41) is 0. The fourth-order valence-corrected chi connectivity index (χ4v) is 3.69. The molecular weight excluding hydrogens is 242 g/mol. The Morgan fingerprint density at radius 2 is 1.45 bits per heavy atom. The third-order valence-corrected chi connectivity index (χ3v) is 4.86. The van der Waals surface area contributed by atoms with E-state index in [-0.39, 0.29) is 5.54 Å². The van der Waals surface area contributed by atoms with Crippen molar-refractivity contribution in [2.75, 3.05) is 13.1 Å². The van der Waals surface area contributed by atoms with Crippen LogP contribution >= 0.6 is 0 Å². The van der Waals surface area contributed by atoms with Gasteiger partial charge in [-0.3, -0.25) is 4.90 Å². The maximum atomic E-state index is 3.70. The molecule has 0 atom stereocenters. The summed E-state index contributed by atoms with van der Waals surface area (Å²) in [6.45, 7) is 2.51. The molecule has 20 heavy (non-hydrogen) atoms. The lowest BCUT2D eigenvalue weighted by atomic mass is 9.79. The topological polar surface area (TPSA) is 3.24 Å². The maximum absolute atomic E-state index is 3.70. The molecule has 1 heterocycles. The molecule has 1 heteroatoms. The largest absolute Gasteiger partial charge is 0.287 e. The van der Waals surface area contributed by atoms with Crippen molar-refractivity contribution in [1.82, 2.24) is 4.90 Å². The molecule has 1 aromatic rings. The van der Waals surface area contributed by atoms with Gasteiger partial charge in [0.2, 0.25) is 0 Å². The molecule has 1 aromatic carbocycles. The predicted molar refractivity (Wildman–Crippen MR) is 84.6 cm³/mol. The van der Waals surface area contributed by atoms with Crippen molar-refractivity contribution in [1.29, 1.82) is 0 Å². The summed E-state index contributed by atoms with van der Waals surface area (Å²) in [4.78, 5) is 2.70. The molecule has 0 N–H and O–H groups in total.